The van der Waals surface area contributed by atoms with Gasteiger partial charge in [-0.3, -0.25) is 0 Å². The lowest BCUT2D eigenvalue weighted by Crippen LogP contribution is -2.41. The maximum Gasteiger partial charge on any atom is 0.243 e. The predicted octanol–water partition coefficient (Wildman–Crippen LogP) is 1.35. The highest BCUT2D eigenvalue weighted by Gasteiger charge is 2.42. The topological polar surface area (TPSA) is 97.2 Å². The summed E-state index contributed by atoms with van der Waals surface area (Å²) in [5, 5.41) is 0.653. The van der Waals surface area contributed by atoms with Gasteiger partial charge >= 0.3 is 0 Å². The number of anilines is 1. The quantitative estimate of drug-likeness (QED) is 0.746. The minimum absolute atomic E-state index is 0.0191. The number of aromatic amines is 1. The van der Waals surface area contributed by atoms with Gasteiger partial charge in [0.1, 0.15) is 4.90 Å². The zero-order valence-electron chi connectivity index (χ0n) is 11.4. The van der Waals surface area contributed by atoms with Crippen LogP contribution in [0.1, 0.15) is 19.3 Å². The molecule has 0 aliphatic carbocycles. The number of benzene rings is 1. The van der Waals surface area contributed by atoms with E-state index in [2.05, 4.69) is 9.71 Å². The van der Waals surface area contributed by atoms with Crippen LogP contribution in [-0.2, 0) is 14.8 Å². The van der Waals surface area contributed by atoms with Gasteiger partial charge in [0.2, 0.25) is 10.0 Å². The zero-order valence-corrected chi connectivity index (χ0v) is 12.2. The third-order valence-corrected chi connectivity index (χ3v) is 5.90. The van der Waals surface area contributed by atoms with E-state index in [9.17, 15) is 8.42 Å². The number of H-pyrrole nitrogens is 1. The van der Waals surface area contributed by atoms with Crippen molar-refractivity contribution < 1.29 is 13.2 Å². The molecule has 112 valence electrons. The van der Waals surface area contributed by atoms with Crippen molar-refractivity contribution in [3.63, 3.8) is 0 Å². The van der Waals surface area contributed by atoms with Crippen LogP contribution < -0.4 is 10.5 Å². The molecule has 0 radical (unpaired) electrons. The van der Waals surface area contributed by atoms with Crippen LogP contribution in [0.25, 0.3) is 10.9 Å². The summed E-state index contributed by atoms with van der Waals surface area (Å²) in [4.78, 5) is 3.23. The molecule has 2 saturated heterocycles. The van der Waals surface area contributed by atoms with Gasteiger partial charge in [-0.2, -0.15) is 0 Å². The molecule has 4 rings (SSSR count). The highest BCUT2D eigenvalue weighted by Crippen LogP contribution is 2.35. The van der Waals surface area contributed by atoms with E-state index >= 15 is 0 Å². The van der Waals surface area contributed by atoms with Gasteiger partial charge in [-0.05, 0) is 37.5 Å². The maximum absolute atomic E-state index is 12.6. The van der Waals surface area contributed by atoms with Crippen LogP contribution in [0.4, 0.5) is 5.69 Å². The molecule has 2 bridgehead atoms. The second-order valence-electron chi connectivity index (χ2n) is 5.80. The summed E-state index contributed by atoms with van der Waals surface area (Å²) in [6, 6.07) is 5.05. The van der Waals surface area contributed by atoms with E-state index in [1.165, 1.54) is 6.20 Å². The number of rotatable bonds is 3. The molecule has 6 nitrogen and oxygen atoms in total. The lowest BCUT2D eigenvalue weighted by atomic mass is 9.96. The molecule has 0 spiro atoms. The van der Waals surface area contributed by atoms with Gasteiger partial charge in [0.05, 0.1) is 18.2 Å². The Labute approximate surface area is 122 Å². The average molecular weight is 307 g/mol. The molecule has 21 heavy (non-hydrogen) atoms. The molecule has 1 aromatic carbocycles. The van der Waals surface area contributed by atoms with E-state index < -0.39 is 10.0 Å². The summed E-state index contributed by atoms with van der Waals surface area (Å²) in [7, 11) is -3.56. The number of sulfonamides is 1. The van der Waals surface area contributed by atoms with Crippen molar-refractivity contribution in [1.29, 1.82) is 0 Å². The molecule has 2 aromatic rings. The molecular weight excluding hydrogens is 290 g/mol. The monoisotopic (exact) mass is 307 g/mol. The Morgan fingerprint density at radius 2 is 2.19 bits per heavy atom. The van der Waals surface area contributed by atoms with Crippen molar-refractivity contribution in [1.82, 2.24) is 9.71 Å². The molecule has 7 heteroatoms. The second-order valence-corrected chi connectivity index (χ2v) is 7.48. The van der Waals surface area contributed by atoms with Crippen molar-refractivity contribution in [2.24, 2.45) is 0 Å². The van der Waals surface area contributed by atoms with E-state index in [1.54, 1.807) is 18.2 Å². The summed E-state index contributed by atoms with van der Waals surface area (Å²) in [6.07, 6.45) is 4.48. The number of nitrogen functional groups attached to an aromatic ring is 1. The predicted molar refractivity (Wildman–Crippen MR) is 79.3 cm³/mol. The van der Waals surface area contributed by atoms with Crippen molar-refractivity contribution in [2.45, 2.75) is 42.4 Å². The van der Waals surface area contributed by atoms with Crippen LogP contribution in [0.3, 0.4) is 0 Å². The number of nitrogens with one attached hydrogen (secondary N) is 2. The van der Waals surface area contributed by atoms with E-state index in [4.69, 9.17) is 10.5 Å². The molecule has 0 amide bonds. The standard InChI is InChI=1S/C14H17N3O3S/c15-8-1-3-10-11(5-8)16-7-14(10)21(18,19)17-12-6-9-2-4-13(12)20-9/h1,3,5,7,9,12-13,16-17H,2,4,6,15H2. The fourth-order valence-electron chi connectivity index (χ4n) is 3.36. The summed E-state index contributed by atoms with van der Waals surface area (Å²) in [6.45, 7) is 0. The molecule has 3 atom stereocenters. The average Bonchev–Trinajstić information content (AvgIpc) is 3.11. The third-order valence-electron chi connectivity index (χ3n) is 4.37. The largest absolute Gasteiger partial charge is 0.399 e. The molecule has 0 saturated carbocycles. The Morgan fingerprint density at radius 3 is 2.90 bits per heavy atom. The molecule has 2 fully saturated rings. The Bertz CT molecular complexity index is 799. The van der Waals surface area contributed by atoms with E-state index in [1.807, 2.05) is 0 Å². The van der Waals surface area contributed by atoms with Crippen molar-refractivity contribution in [3.05, 3.63) is 24.4 Å². The minimum Gasteiger partial charge on any atom is -0.399 e. The summed E-state index contributed by atoms with van der Waals surface area (Å²) < 4.78 is 33.7. The van der Waals surface area contributed by atoms with Crippen molar-refractivity contribution in [2.75, 3.05) is 5.73 Å². The molecular formula is C14H17N3O3S. The first-order valence-corrected chi connectivity index (χ1v) is 8.56. The van der Waals surface area contributed by atoms with Crippen LogP contribution in [0.2, 0.25) is 0 Å². The molecule has 4 N–H and O–H groups in total. The molecule has 3 heterocycles. The van der Waals surface area contributed by atoms with Gasteiger partial charge in [0.15, 0.2) is 0 Å². The summed E-state index contributed by atoms with van der Waals surface area (Å²) in [5.41, 5.74) is 7.04. The SMILES string of the molecule is Nc1ccc2c(S(=O)(=O)NC3CC4CCC3O4)c[nH]c2c1. The molecule has 2 aliphatic rings. The smallest absolute Gasteiger partial charge is 0.243 e. The highest BCUT2D eigenvalue weighted by molar-refractivity contribution is 7.89. The number of fused-ring (bicyclic) bond motifs is 3. The highest BCUT2D eigenvalue weighted by atomic mass is 32.2. The summed E-state index contributed by atoms with van der Waals surface area (Å²) >= 11 is 0. The first kappa shape index (κ1) is 13.1. The van der Waals surface area contributed by atoms with Crippen LogP contribution in [0, 0.1) is 0 Å². The Hall–Kier alpha value is -1.57. The van der Waals surface area contributed by atoms with Gasteiger partial charge in [-0.15, -0.1) is 0 Å². The van der Waals surface area contributed by atoms with Gasteiger partial charge in [-0.1, -0.05) is 0 Å². The lowest BCUT2D eigenvalue weighted by molar-refractivity contribution is 0.0996. The first-order valence-electron chi connectivity index (χ1n) is 7.07. The van der Waals surface area contributed by atoms with E-state index in [0.717, 1.165) is 24.8 Å². The fraction of sp³-hybridized carbons (Fsp3) is 0.429. The fourth-order valence-corrected chi connectivity index (χ4v) is 4.82. The van der Waals surface area contributed by atoms with Crippen molar-refractivity contribution in [3.8, 4) is 0 Å². The van der Waals surface area contributed by atoms with Crippen LogP contribution in [-0.4, -0.2) is 31.7 Å². The van der Waals surface area contributed by atoms with E-state index in [-0.39, 0.29) is 23.1 Å². The normalized spacial score (nSPS) is 28.5. The van der Waals surface area contributed by atoms with Crippen LogP contribution in [0.5, 0.6) is 0 Å². The zero-order chi connectivity index (χ0) is 14.6. The maximum atomic E-state index is 12.6. The number of nitrogens with two attached hydrogens (primary N) is 1. The molecule has 3 unspecified atom stereocenters. The van der Waals surface area contributed by atoms with Crippen LogP contribution >= 0.6 is 0 Å². The third kappa shape index (κ3) is 2.12. The number of ether oxygens (including phenoxy) is 1. The second kappa shape index (κ2) is 4.46. The Balaban J connectivity index is 1.67. The number of aromatic nitrogens is 1. The number of hydrogen-bond acceptors (Lipinski definition) is 4. The Morgan fingerprint density at radius 1 is 1.33 bits per heavy atom. The van der Waals surface area contributed by atoms with Gasteiger partial charge < -0.3 is 15.5 Å². The minimum atomic E-state index is -3.56. The van der Waals surface area contributed by atoms with E-state index in [0.29, 0.717) is 11.1 Å². The van der Waals surface area contributed by atoms with Gasteiger partial charge in [0.25, 0.3) is 0 Å². The Kier molecular flexibility index (Phi) is 2.79. The number of hydrogen-bond donors (Lipinski definition) is 3. The first-order chi connectivity index (χ1) is 10.0. The lowest BCUT2D eigenvalue weighted by Gasteiger charge is -2.19. The molecule has 2 aliphatic heterocycles. The van der Waals surface area contributed by atoms with Gasteiger partial charge in [0, 0.05) is 22.8 Å². The van der Waals surface area contributed by atoms with Gasteiger partial charge in [-0.25, -0.2) is 13.1 Å². The van der Waals surface area contributed by atoms with Crippen LogP contribution in [0.15, 0.2) is 29.3 Å². The van der Waals surface area contributed by atoms with Crippen molar-refractivity contribution >= 4 is 26.6 Å². The molecule has 1 aromatic heterocycles. The summed E-state index contributed by atoms with van der Waals surface area (Å²) in [5.74, 6) is 0.